The summed E-state index contributed by atoms with van der Waals surface area (Å²) in [6.45, 7) is -0.176. The number of sulfonamides is 1. The lowest BCUT2D eigenvalue weighted by Crippen LogP contribution is -2.25. The number of thiophene rings is 1. The maximum absolute atomic E-state index is 12.6. The van der Waals surface area contributed by atoms with Gasteiger partial charge in [-0.2, -0.15) is 0 Å². The van der Waals surface area contributed by atoms with Crippen LogP contribution in [0.4, 0.5) is 11.4 Å². The number of hydrogen-bond acceptors (Lipinski definition) is 7. The Morgan fingerprint density at radius 2 is 1.88 bits per heavy atom. The van der Waals surface area contributed by atoms with E-state index in [4.69, 9.17) is 4.74 Å². The van der Waals surface area contributed by atoms with E-state index in [1.165, 1.54) is 34.0 Å². The summed E-state index contributed by atoms with van der Waals surface area (Å²) in [6.07, 6.45) is 1.74. The molecule has 0 atom stereocenters. The van der Waals surface area contributed by atoms with Crippen molar-refractivity contribution in [3.63, 3.8) is 0 Å². The summed E-state index contributed by atoms with van der Waals surface area (Å²) in [4.78, 5) is 16.6. The normalized spacial score (nSPS) is 11.2. The van der Waals surface area contributed by atoms with Crippen molar-refractivity contribution in [3.05, 3.63) is 77.6 Å². The molecule has 10 heteroatoms. The third-order valence-corrected chi connectivity index (χ3v) is 8.49. The summed E-state index contributed by atoms with van der Waals surface area (Å²) in [5, 5.41) is 7.30. The van der Waals surface area contributed by atoms with E-state index in [9.17, 15) is 13.2 Å². The minimum atomic E-state index is -3.60. The Bertz CT molecular complexity index is 1290. The molecule has 0 aliphatic heterocycles. The lowest BCUT2D eigenvalue weighted by Gasteiger charge is -2.18. The van der Waals surface area contributed by atoms with E-state index >= 15 is 0 Å². The van der Waals surface area contributed by atoms with Gasteiger partial charge in [0.2, 0.25) is 0 Å². The van der Waals surface area contributed by atoms with Crippen LogP contribution in [0.2, 0.25) is 0 Å². The summed E-state index contributed by atoms with van der Waals surface area (Å²) in [7, 11) is -2.10. The molecule has 2 heterocycles. The number of benzene rings is 2. The lowest BCUT2D eigenvalue weighted by atomic mass is 10.2. The first kappa shape index (κ1) is 22.0. The van der Waals surface area contributed by atoms with Crippen molar-refractivity contribution in [1.82, 2.24) is 4.98 Å². The van der Waals surface area contributed by atoms with Crippen LogP contribution in [0.5, 0.6) is 5.75 Å². The summed E-state index contributed by atoms with van der Waals surface area (Å²) in [6, 6.07) is 17.2. The van der Waals surface area contributed by atoms with Crippen LogP contribution in [0, 0.1) is 0 Å². The zero-order valence-corrected chi connectivity index (χ0v) is 19.4. The van der Waals surface area contributed by atoms with E-state index in [2.05, 4.69) is 10.3 Å². The third kappa shape index (κ3) is 4.98. The van der Waals surface area contributed by atoms with Crippen molar-refractivity contribution in [3.8, 4) is 16.3 Å². The largest absolute Gasteiger partial charge is 0.484 e. The van der Waals surface area contributed by atoms with Gasteiger partial charge >= 0.3 is 0 Å². The van der Waals surface area contributed by atoms with Gasteiger partial charge in [-0.05, 0) is 47.8 Å². The molecule has 0 bridgehead atoms. The van der Waals surface area contributed by atoms with Crippen LogP contribution in [0.1, 0.15) is 0 Å². The highest BCUT2D eigenvalue weighted by atomic mass is 32.2. The van der Waals surface area contributed by atoms with Gasteiger partial charge in [0.05, 0.1) is 5.69 Å². The first-order chi connectivity index (χ1) is 15.4. The van der Waals surface area contributed by atoms with Crippen molar-refractivity contribution in [1.29, 1.82) is 0 Å². The Morgan fingerprint density at radius 1 is 1.06 bits per heavy atom. The number of amides is 1. The minimum Gasteiger partial charge on any atom is -0.484 e. The molecular weight excluding hydrogens is 466 g/mol. The molecule has 1 N–H and O–H groups in total. The first-order valence-corrected chi connectivity index (χ1v) is 12.7. The molecule has 32 heavy (non-hydrogen) atoms. The summed E-state index contributed by atoms with van der Waals surface area (Å²) in [5.74, 6) is 0.158. The molecule has 4 rings (SSSR count). The number of hydrogen-bond donors (Lipinski definition) is 1. The average molecular weight is 486 g/mol. The number of ether oxygens (including phenoxy) is 1. The highest BCUT2D eigenvalue weighted by Crippen LogP contribution is 2.27. The molecule has 0 aliphatic carbocycles. The van der Waals surface area contributed by atoms with Crippen LogP contribution >= 0.6 is 22.7 Å². The molecule has 0 fully saturated rings. The van der Waals surface area contributed by atoms with Crippen LogP contribution in [0.3, 0.4) is 0 Å². The first-order valence-electron chi connectivity index (χ1n) is 9.48. The quantitative estimate of drug-likeness (QED) is 0.390. The second kappa shape index (κ2) is 9.51. The predicted octanol–water partition coefficient (Wildman–Crippen LogP) is 4.71. The van der Waals surface area contributed by atoms with E-state index in [1.807, 2.05) is 23.6 Å². The summed E-state index contributed by atoms with van der Waals surface area (Å²) in [5.41, 5.74) is 2.08. The molecule has 164 valence electrons. The number of aromatic nitrogens is 1. The van der Waals surface area contributed by atoms with Gasteiger partial charge < -0.3 is 10.1 Å². The summed E-state index contributed by atoms with van der Waals surface area (Å²) >= 11 is 2.69. The van der Waals surface area contributed by atoms with Crippen molar-refractivity contribution in [2.24, 2.45) is 0 Å². The average Bonchev–Trinajstić information content (AvgIpc) is 3.53. The van der Waals surface area contributed by atoms with Crippen LogP contribution in [0.15, 0.2) is 81.8 Å². The fourth-order valence-electron chi connectivity index (χ4n) is 2.88. The number of thiazole rings is 1. The number of nitrogens with one attached hydrogen (secondary N) is 1. The minimum absolute atomic E-state index is 0.176. The van der Waals surface area contributed by atoms with Gasteiger partial charge in [-0.25, -0.2) is 13.4 Å². The fraction of sp³-hybridized carbons (Fsp3) is 0.0909. The van der Waals surface area contributed by atoms with Gasteiger partial charge in [-0.15, -0.1) is 22.7 Å². The van der Waals surface area contributed by atoms with Gasteiger partial charge in [-0.1, -0.05) is 18.2 Å². The van der Waals surface area contributed by atoms with Crippen LogP contribution in [-0.2, 0) is 14.8 Å². The molecule has 0 unspecified atom stereocenters. The van der Waals surface area contributed by atoms with E-state index in [-0.39, 0.29) is 16.7 Å². The molecule has 2 aromatic heterocycles. The zero-order valence-electron chi connectivity index (χ0n) is 17.0. The van der Waals surface area contributed by atoms with Crippen LogP contribution in [0.25, 0.3) is 10.6 Å². The molecule has 0 aliphatic rings. The number of nitrogens with zero attached hydrogens (tertiary/aromatic N) is 2. The number of carbonyl (C=O) groups excluding carboxylic acids is 1. The SMILES string of the molecule is CN(c1ccc(OCC(=O)Nc2cccc(-c3nccs3)c2)cc1)S(=O)(=O)c1cccs1. The van der Waals surface area contributed by atoms with Gasteiger partial charge in [0, 0.05) is 29.9 Å². The number of carbonyl (C=O) groups is 1. The fourth-order valence-corrected chi connectivity index (χ4v) is 5.87. The Labute approximate surface area is 194 Å². The highest BCUT2D eigenvalue weighted by Gasteiger charge is 2.22. The Morgan fingerprint density at radius 3 is 2.56 bits per heavy atom. The Hall–Kier alpha value is -3.21. The lowest BCUT2D eigenvalue weighted by molar-refractivity contribution is -0.118. The summed E-state index contributed by atoms with van der Waals surface area (Å²) < 4.78 is 32.3. The van der Waals surface area contributed by atoms with Gasteiger partial charge in [0.15, 0.2) is 6.61 Å². The zero-order chi connectivity index (χ0) is 22.6. The second-order valence-electron chi connectivity index (χ2n) is 6.65. The van der Waals surface area contributed by atoms with Crippen LogP contribution < -0.4 is 14.4 Å². The Kier molecular flexibility index (Phi) is 6.54. The highest BCUT2D eigenvalue weighted by molar-refractivity contribution is 7.94. The van der Waals surface area contributed by atoms with E-state index < -0.39 is 10.0 Å². The van der Waals surface area contributed by atoms with E-state index in [0.29, 0.717) is 17.1 Å². The van der Waals surface area contributed by atoms with Gasteiger partial charge in [-0.3, -0.25) is 9.10 Å². The molecule has 0 radical (unpaired) electrons. The molecule has 0 spiro atoms. The number of anilines is 2. The molecule has 7 nitrogen and oxygen atoms in total. The molecule has 0 saturated heterocycles. The molecule has 2 aromatic carbocycles. The van der Waals surface area contributed by atoms with Gasteiger partial charge in [0.1, 0.15) is 15.0 Å². The van der Waals surface area contributed by atoms with Crippen LogP contribution in [-0.4, -0.2) is 33.0 Å². The predicted molar refractivity (Wildman–Crippen MR) is 128 cm³/mol. The molecule has 4 aromatic rings. The van der Waals surface area contributed by atoms with Crippen molar-refractivity contribution < 1.29 is 17.9 Å². The Balaban J connectivity index is 1.34. The maximum atomic E-state index is 12.6. The molecule has 0 saturated carbocycles. The third-order valence-electron chi connectivity index (χ3n) is 4.51. The van der Waals surface area contributed by atoms with Crippen molar-refractivity contribution in [2.45, 2.75) is 4.21 Å². The number of rotatable bonds is 8. The van der Waals surface area contributed by atoms with Crippen molar-refractivity contribution in [2.75, 3.05) is 23.3 Å². The van der Waals surface area contributed by atoms with Gasteiger partial charge in [0.25, 0.3) is 15.9 Å². The maximum Gasteiger partial charge on any atom is 0.273 e. The van der Waals surface area contributed by atoms with E-state index in [1.54, 1.807) is 54.0 Å². The second-order valence-corrected chi connectivity index (χ2v) is 10.7. The smallest absolute Gasteiger partial charge is 0.273 e. The monoisotopic (exact) mass is 485 g/mol. The molecule has 1 amide bonds. The van der Waals surface area contributed by atoms with E-state index in [0.717, 1.165) is 10.6 Å². The van der Waals surface area contributed by atoms with Crippen molar-refractivity contribution >= 4 is 50.0 Å². The topological polar surface area (TPSA) is 88.6 Å². The standard InChI is InChI=1S/C22H19N3O4S3/c1-25(32(27,28)21-6-3-12-30-21)18-7-9-19(10-8-18)29-15-20(26)24-17-5-2-4-16(14-17)22-23-11-13-31-22/h2-14H,15H2,1H3,(H,24,26). The molecular formula is C22H19N3O4S3.